The lowest BCUT2D eigenvalue weighted by Gasteiger charge is -2.12. The fourth-order valence-electron chi connectivity index (χ4n) is 1.88. The minimum atomic E-state index is -0.558. The highest BCUT2D eigenvalue weighted by Crippen LogP contribution is 2.27. The number of hydrogen-bond donors (Lipinski definition) is 1. The van der Waals surface area contributed by atoms with Crippen LogP contribution in [0.2, 0.25) is 0 Å². The van der Waals surface area contributed by atoms with Crippen LogP contribution in [0.25, 0.3) is 0 Å². The van der Waals surface area contributed by atoms with Gasteiger partial charge in [-0.25, -0.2) is 0 Å². The van der Waals surface area contributed by atoms with Gasteiger partial charge in [0.1, 0.15) is 5.75 Å². The first kappa shape index (κ1) is 13.1. The van der Waals surface area contributed by atoms with Gasteiger partial charge in [-0.05, 0) is 39.7 Å². The molecule has 0 aliphatic heterocycles. The van der Waals surface area contributed by atoms with E-state index in [1.807, 2.05) is 31.3 Å². The van der Waals surface area contributed by atoms with Gasteiger partial charge in [0.25, 0.3) is 0 Å². The van der Waals surface area contributed by atoms with Gasteiger partial charge in [-0.1, -0.05) is 6.07 Å². The van der Waals surface area contributed by atoms with Gasteiger partial charge in [-0.3, -0.25) is 4.68 Å². The summed E-state index contributed by atoms with van der Waals surface area (Å²) in [4.78, 5) is 0. The topological polar surface area (TPSA) is 47.3 Å². The molecule has 1 aromatic heterocycles. The average molecular weight is 311 g/mol. The Bertz CT molecular complexity index is 540. The summed E-state index contributed by atoms with van der Waals surface area (Å²) < 4.78 is 7.75. The van der Waals surface area contributed by atoms with Gasteiger partial charge in [0.2, 0.25) is 0 Å². The molecule has 1 unspecified atom stereocenters. The number of hydrogen-bond acceptors (Lipinski definition) is 3. The molecular formula is C13H15BrN2O2. The number of halogens is 1. The molecule has 1 heterocycles. The lowest BCUT2D eigenvalue weighted by molar-refractivity contribution is 0.168. The van der Waals surface area contributed by atoms with Gasteiger partial charge in [0, 0.05) is 19.7 Å². The molecule has 1 N–H and O–H groups in total. The van der Waals surface area contributed by atoms with Crippen LogP contribution < -0.4 is 4.74 Å². The molecule has 0 fully saturated rings. The number of aromatic nitrogens is 2. The minimum absolute atomic E-state index is 0.544. The van der Waals surface area contributed by atoms with E-state index in [9.17, 15) is 5.11 Å². The molecule has 2 rings (SSSR count). The number of nitrogens with zero attached hydrogens (tertiary/aromatic N) is 2. The predicted molar refractivity (Wildman–Crippen MR) is 72.6 cm³/mol. The molecule has 0 saturated carbocycles. The molecule has 96 valence electrons. The van der Waals surface area contributed by atoms with Gasteiger partial charge in [0.15, 0.2) is 0 Å². The molecule has 4 nitrogen and oxygen atoms in total. The first-order chi connectivity index (χ1) is 8.61. The standard InChI is InChI=1S/C13H15BrN2O2/c1-16-11(5-6-15-16)12(17)8-9-3-4-13(18-2)10(14)7-9/h3-7,12,17H,8H2,1-2H3. The van der Waals surface area contributed by atoms with E-state index in [4.69, 9.17) is 4.74 Å². The van der Waals surface area contributed by atoms with Crippen LogP contribution >= 0.6 is 15.9 Å². The summed E-state index contributed by atoms with van der Waals surface area (Å²) in [6, 6.07) is 7.61. The second-order valence-electron chi connectivity index (χ2n) is 4.07. The van der Waals surface area contributed by atoms with Crippen molar-refractivity contribution in [2.45, 2.75) is 12.5 Å². The summed E-state index contributed by atoms with van der Waals surface area (Å²) in [5, 5.41) is 14.2. The fraction of sp³-hybridized carbons (Fsp3) is 0.308. The van der Waals surface area contributed by atoms with E-state index in [0.717, 1.165) is 21.5 Å². The third-order valence-corrected chi connectivity index (χ3v) is 3.47. The monoisotopic (exact) mass is 310 g/mol. The first-order valence-corrected chi connectivity index (χ1v) is 6.39. The number of methoxy groups -OCH3 is 1. The predicted octanol–water partition coefficient (Wildman–Crippen LogP) is 2.47. The Morgan fingerprint density at radius 2 is 2.22 bits per heavy atom. The van der Waals surface area contributed by atoms with Crippen LogP contribution in [-0.2, 0) is 13.5 Å². The van der Waals surface area contributed by atoms with E-state index in [0.29, 0.717) is 6.42 Å². The molecule has 0 amide bonds. The van der Waals surface area contributed by atoms with E-state index in [1.165, 1.54) is 0 Å². The third kappa shape index (κ3) is 2.73. The summed E-state index contributed by atoms with van der Waals surface area (Å²) in [5.74, 6) is 0.786. The zero-order valence-electron chi connectivity index (χ0n) is 10.3. The highest BCUT2D eigenvalue weighted by Gasteiger charge is 2.13. The average Bonchev–Trinajstić information content (AvgIpc) is 2.76. The Morgan fingerprint density at radius 3 is 2.78 bits per heavy atom. The van der Waals surface area contributed by atoms with E-state index < -0.39 is 6.10 Å². The second kappa shape index (κ2) is 5.54. The smallest absolute Gasteiger partial charge is 0.133 e. The van der Waals surface area contributed by atoms with Gasteiger partial charge in [-0.2, -0.15) is 5.10 Å². The van der Waals surface area contributed by atoms with Crippen molar-refractivity contribution in [3.8, 4) is 5.75 Å². The number of aliphatic hydroxyl groups is 1. The van der Waals surface area contributed by atoms with Crippen LogP contribution in [0.15, 0.2) is 34.9 Å². The molecular weight excluding hydrogens is 296 g/mol. The van der Waals surface area contributed by atoms with E-state index in [1.54, 1.807) is 18.0 Å². The molecule has 1 aromatic carbocycles. The molecule has 0 radical (unpaired) electrons. The summed E-state index contributed by atoms with van der Waals surface area (Å²) >= 11 is 3.44. The highest BCUT2D eigenvalue weighted by molar-refractivity contribution is 9.10. The Kier molecular flexibility index (Phi) is 4.04. The SMILES string of the molecule is COc1ccc(CC(O)c2ccnn2C)cc1Br. The molecule has 0 aliphatic rings. The Balaban J connectivity index is 2.15. The third-order valence-electron chi connectivity index (χ3n) is 2.85. The normalized spacial score (nSPS) is 12.4. The molecule has 0 spiro atoms. The van der Waals surface area contributed by atoms with Crippen molar-refractivity contribution < 1.29 is 9.84 Å². The van der Waals surface area contributed by atoms with Gasteiger partial charge in [0.05, 0.1) is 23.4 Å². The van der Waals surface area contributed by atoms with Crippen LogP contribution in [0.1, 0.15) is 17.4 Å². The second-order valence-corrected chi connectivity index (χ2v) is 4.92. The van der Waals surface area contributed by atoms with Crippen molar-refractivity contribution >= 4 is 15.9 Å². The van der Waals surface area contributed by atoms with Crippen molar-refractivity contribution in [1.29, 1.82) is 0 Å². The summed E-state index contributed by atoms with van der Waals surface area (Å²) in [7, 11) is 3.45. The Labute approximate surface area is 114 Å². The zero-order chi connectivity index (χ0) is 13.1. The molecule has 1 atom stereocenters. The van der Waals surface area contributed by atoms with Crippen LogP contribution in [0.4, 0.5) is 0 Å². The lowest BCUT2D eigenvalue weighted by Crippen LogP contribution is -2.08. The maximum atomic E-state index is 10.2. The quantitative estimate of drug-likeness (QED) is 0.943. The number of aryl methyl sites for hydroxylation is 1. The molecule has 18 heavy (non-hydrogen) atoms. The molecule has 2 aromatic rings. The zero-order valence-corrected chi connectivity index (χ0v) is 11.9. The number of ether oxygens (including phenoxy) is 1. The Morgan fingerprint density at radius 1 is 1.44 bits per heavy atom. The van der Waals surface area contributed by atoms with Gasteiger partial charge < -0.3 is 9.84 Å². The van der Waals surface area contributed by atoms with Crippen molar-refractivity contribution in [3.63, 3.8) is 0 Å². The van der Waals surface area contributed by atoms with Crippen molar-refractivity contribution in [2.75, 3.05) is 7.11 Å². The van der Waals surface area contributed by atoms with E-state index >= 15 is 0 Å². The van der Waals surface area contributed by atoms with Gasteiger partial charge in [-0.15, -0.1) is 0 Å². The fourth-order valence-corrected chi connectivity index (χ4v) is 2.46. The molecule has 5 heteroatoms. The maximum absolute atomic E-state index is 10.2. The summed E-state index contributed by atoms with van der Waals surface area (Å²) in [6.45, 7) is 0. The number of aliphatic hydroxyl groups excluding tert-OH is 1. The lowest BCUT2D eigenvalue weighted by atomic mass is 10.1. The van der Waals surface area contributed by atoms with E-state index in [2.05, 4.69) is 21.0 Å². The molecule has 0 bridgehead atoms. The largest absolute Gasteiger partial charge is 0.496 e. The van der Waals surface area contributed by atoms with Crippen LogP contribution in [0.5, 0.6) is 5.75 Å². The van der Waals surface area contributed by atoms with Crippen molar-refractivity contribution in [2.24, 2.45) is 7.05 Å². The van der Waals surface area contributed by atoms with Crippen molar-refractivity contribution in [1.82, 2.24) is 9.78 Å². The summed E-state index contributed by atoms with van der Waals surface area (Å²) in [5.41, 5.74) is 1.85. The highest BCUT2D eigenvalue weighted by atomic mass is 79.9. The van der Waals surface area contributed by atoms with Crippen LogP contribution in [0, 0.1) is 0 Å². The first-order valence-electron chi connectivity index (χ1n) is 5.60. The minimum Gasteiger partial charge on any atom is -0.496 e. The van der Waals surface area contributed by atoms with Crippen molar-refractivity contribution in [3.05, 3.63) is 46.2 Å². The van der Waals surface area contributed by atoms with Crippen LogP contribution in [0.3, 0.4) is 0 Å². The Hall–Kier alpha value is -1.33. The van der Waals surface area contributed by atoms with Gasteiger partial charge >= 0.3 is 0 Å². The summed E-state index contributed by atoms with van der Waals surface area (Å²) in [6.07, 6.45) is 1.67. The molecule has 0 saturated heterocycles. The van der Waals surface area contributed by atoms with E-state index in [-0.39, 0.29) is 0 Å². The maximum Gasteiger partial charge on any atom is 0.133 e. The molecule has 0 aliphatic carbocycles. The number of benzene rings is 1. The number of rotatable bonds is 4. The van der Waals surface area contributed by atoms with Crippen LogP contribution in [-0.4, -0.2) is 22.0 Å².